The van der Waals surface area contributed by atoms with Gasteiger partial charge in [-0.1, -0.05) is 31.8 Å². The zero-order valence-corrected chi connectivity index (χ0v) is 12.8. The van der Waals surface area contributed by atoms with Gasteiger partial charge in [-0.05, 0) is 19.3 Å². The zero-order chi connectivity index (χ0) is 15.5. The summed E-state index contributed by atoms with van der Waals surface area (Å²) in [7, 11) is 0. The molecule has 0 aliphatic carbocycles. The molecule has 124 valence electrons. The van der Waals surface area contributed by atoms with Crippen LogP contribution in [-0.2, 0) is 9.47 Å². The van der Waals surface area contributed by atoms with Gasteiger partial charge in [0.15, 0.2) is 0 Å². The van der Waals surface area contributed by atoms with Crippen LogP contribution in [0.1, 0.15) is 44.9 Å². The van der Waals surface area contributed by atoms with Crippen molar-refractivity contribution < 1.29 is 24.8 Å². The Morgan fingerprint density at radius 2 is 1.67 bits per heavy atom. The Bertz CT molecular complexity index is 271. The normalized spacial score (nSPS) is 29.5. The average Bonchev–Trinajstić information content (AvgIpc) is 2.49. The smallest absolute Gasteiger partial charge is 0.111 e. The van der Waals surface area contributed by atoms with Crippen LogP contribution in [0.15, 0.2) is 12.7 Å². The predicted octanol–water partition coefficient (Wildman–Crippen LogP) is 1.40. The van der Waals surface area contributed by atoms with Gasteiger partial charge in [-0.3, -0.25) is 0 Å². The van der Waals surface area contributed by atoms with E-state index in [2.05, 4.69) is 6.58 Å². The highest BCUT2D eigenvalue weighted by molar-refractivity contribution is 4.86. The van der Waals surface area contributed by atoms with Gasteiger partial charge < -0.3 is 24.8 Å². The molecule has 0 saturated carbocycles. The molecule has 0 aromatic heterocycles. The van der Waals surface area contributed by atoms with E-state index in [0.29, 0.717) is 6.61 Å². The third-order valence-corrected chi connectivity index (χ3v) is 3.84. The van der Waals surface area contributed by atoms with Gasteiger partial charge in [-0.2, -0.15) is 0 Å². The molecule has 1 fully saturated rings. The van der Waals surface area contributed by atoms with Crippen molar-refractivity contribution in [2.75, 3.05) is 19.8 Å². The van der Waals surface area contributed by atoms with Crippen molar-refractivity contribution >= 4 is 0 Å². The molecule has 0 unspecified atom stereocenters. The van der Waals surface area contributed by atoms with Gasteiger partial charge in [-0.25, -0.2) is 0 Å². The molecule has 21 heavy (non-hydrogen) atoms. The predicted molar refractivity (Wildman–Crippen MR) is 81.1 cm³/mol. The van der Waals surface area contributed by atoms with E-state index in [-0.39, 0.29) is 13.2 Å². The number of unbranched alkanes of at least 4 members (excludes halogenated alkanes) is 6. The molecule has 0 radical (unpaired) electrons. The van der Waals surface area contributed by atoms with Crippen molar-refractivity contribution in [1.29, 1.82) is 0 Å². The van der Waals surface area contributed by atoms with E-state index >= 15 is 0 Å². The topological polar surface area (TPSA) is 79.2 Å². The Hall–Kier alpha value is -0.460. The Balaban J connectivity index is 1.93. The second kappa shape index (κ2) is 11.2. The average molecular weight is 302 g/mol. The minimum Gasteiger partial charge on any atom is -0.388 e. The van der Waals surface area contributed by atoms with Crippen molar-refractivity contribution in [3.8, 4) is 0 Å². The molecular weight excluding hydrogens is 272 g/mol. The highest BCUT2D eigenvalue weighted by Crippen LogP contribution is 2.16. The highest BCUT2D eigenvalue weighted by atomic mass is 16.6. The first kappa shape index (κ1) is 18.6. The molecule has 1 saturated heterocycles. The molecule has 4 atom stereocenters. The quantitative estimate of drug-likeness (QED) is 0.397. The van der Waals surface area contributed by atoms with Gasteiger partial charge in [0.2, 0.25) is 0 Å². The fourth-order valence-electron chi connectivity index (χ4n) is 2.41. The van der Waals surface area contributed by atoms with Crippen LogP contribution >= 0.6 is 0 Å². The number of hydrogen-bond acceptors (Lipinski definition) is 5. The van der Waals surface area contributed by atoms with Gasteiger partial charge in [0.05, 0.1) is 13.2 Å². The number of rotatable bonds is 11. The van der Waals surface area contributed by atoms with Crippen molar-refractivity contribution in [3.63, 3.8) is 0 Å². The number of aliphatic hydroxyl groups excluding tert-OH is 3. The van der Waals surface area contributed by atoms with Crippen LogP contribution in [0.3, 0.4) is 0 Å². The zero-order valence-electron chi connectivity index (χ0n) is 12.8. The summed E-state index contributed by atoms with van der Waals surface area (Å²) in [5.41, 5.74) is 0. The fraction of sp³-hybridized carbons (Fsp3) is 0.875. The molecule has 0 aromatic rings. The third kappa shape index (κ3) is 7.38. The molecular formula is C16H30O5. The van der Waals surface area contributed by atoms with E-state index in [4.69, 9.17) is 9.47 Å². The lowest BCUT2D eigenvalue weighted by atomic mass is 10.0. The van der Waals surface area contributed by atoms with Crippen molar-refractivity contribution in [3.05, 3.63) is 12.7 Å². The van der Waals surface area contributed by atoms with E-state index < -0.39 is 24.4 Å². The molecule has 0 bridgehead atoms. The Kier molecular flexibility index (Phi) is 9.87. The molecule has 1 aliphatic rings. The standard InChI is InChI=1S/C16H30O5/c1-2-3-4-5-6-7-8-9-10-20-12-14-16(19)15(18)13(17)11-21-14/h2,13-19H,1,3-12H2/t13-,14+,15+,16+/m0/s1. The Morgan fingerprint density at radius 1 is 1.00 bits per heavy atom. The molecule has 1 aliphatic heterocycles. The van der Waals surface area contributed by atoms with E-state index in [0.717, 1.165) is 19.3 Å². The first-order valence-electron chi connectivity index (χ1n) is 8.01. The molecule has 3 N–H and O–H groups in total. The second-order valence-electron chi connectivity index (χ2n) is 5.69. The van der Waals surface area contributed by atoms with Gasteiger partial charge in [-0.15, -0.1) is 6.58 Å². The first-order chi connectivity index (χ1) is 10.2. The minimum atomic E-state index is -1.15. The maximum absolute atomic E-state index is 9.73. The maximum Gasteiger partial charge on any atom is 0.111 e. The lowest BCUT2D eigenvalue weighted by Crippen LogP contribution is -2.54. The van der Waals surface area contributed by atoms with Crippen LogP contribution in [0.5, 0.6) is 0 Å². The lowest BCUT2D eigenvalue weighted by Gasteiger charge is -2.35. The van der Waals surface area contributed by atoms with E-state index in [1.165, 1.54) is 25.7 Å². The summed E-state index contributed by atoms with van der Waals surface area (Å²) >= 11 is 0. The number of allylic oxidation sites excluding steroid dienone is 1. The molecule has 1 heterocycles. The lowest BCUT2D eigenvalue weighted by molar-refractivity contribution is -0.199. The van der Waals surface area contributed by atoms with Crippen LogP contribution in [0.2, 0.25) is 0 Å². The number of hydrogen-bond donors (Lipinski definition) is 3. The Labute approximate surface area is 127 Å². The summed E-state index contributed by atoms with van der Waals surface area (Å²) in [4.78, 5) is 0. The van der Waals surface area contributed by atoms with E-state index in [1.54, 1.807) is 0 Å². The molecule has 1 rings (SSSR count). The van der Waals surface area contributed by atoms with Crippen LogP contribution in [0, 0.1) is 0 Å². The monoisotopic (exact) mass is 302 g/mol. The highest BCUT2D eigenvalue weighted by Gasteiger charge is 2.37. The van der Waals surface area contributed by atoms with Crippen LogP contribution in [0.25, 0.3) is 0 Å². The summed E-state index contributed by atoms with van der Waals surface area (Å²) in [6, 6.07) is 0. The number of ether oxygens (including phenoxy) is 2. The van der Waals surface area contributed by atoms with Crippen LogP contribution in [-0.4, -0.2) is 59.6 Å². The van der Waals surface area contributed by atoms with Crippen LogP contribution in [0.4, 0.5) is 0 Å². The number of aliphatic hydroxyl groups is 3. The largest absolute Gasteiger partial charge is 0.388 e. The first-order valence-corrected chi connectivity index (χ1v) is 8.01. The Morgan fingerprint density at radius 3 is 2.38 bits per heavy atom. The molecule has 0 aromatic carbocycles. The van der Waals surface area contributed by atoms with Gasteiger partial charge in [0.25, 0.3) is 0 Å². The van der Waals surface area contributed by atoms with Crippen molar-refractivity contribution in [2.24, 2.45) is 0 Å². The van der Waals surface area contributed by atoms with Crippen molar-refractivity contribution in [1.82, 2.24) is 0 Å². The van der Waals surface area contributed by atoms with Crippen molar-refractivity contribution in [2.45, 2.75) is 69.4 Å². The van der Waals surface area contributed by atoms with E-state index in [9.17, 15) is 15.3 Å². The second-order valence-corrected chi connectivity index (χ2v) is 5.69. The molecule has 5 nitrogen and oxygen atoms in total. The molecule has 0 amide bonds. The van der Waals surface area contributed by atoms with Gasteiger partial charge >= 0.3 is 0 Å². The van der Waals surface area contributed by atoms with E-state index in [1.807, 2.05) is 6.08 Å². The van der Waals surface area contributed by atoms with Crippen LogP contribution < -0.4 is 0 Å². The summed E-state index contributed by atoms with van der Waals surface area (Å²) in [5, 5.41) is 28.6. The summed E-state index contributed by atoms with van der Waals surface area (Å²) < 4.78 is 10.7. The summed E-state index contributed by atoms with van der Waals surface area (Å²) in [6.45, 7) is 4.64. The SMILES string of the molecule is C=CCCCCCCCCOC[C@H]1OC[C@H](O)[C@@H](O)[C@@H]1O. The van der Waals surface area contributed by atoms with Gasteiger partial charge in [0.1, 0.15) is 24.4 Å². The summed E-state index contributed by atoms with van der Waals surface area (Å²) in [6.07, 6.45) is 6.36. The minimum absolute atomic E-state index is 0.0387. The molecule has 5 heteroatoms. The maximum atomic E-state index is 9.73. The molecule has 0 spiro atoms. The fourth-order valence-corrected chi connectivity index (χ4v) is 2.41. The van der Waals surface area contributed by atoms with Gasteiger partial charge in [0, 0.05) is 6.61 Å². The summed E-state index contributed by atoms with van der Waals surface area (Å²) in [5.74, 6) is 0. The third-order valence-electron chi connectivity index (χ3n) is 3.84.